The van der Waals surface area contributed by atoms with E-state index in [0.29, 0.717) is 2.91 Å². The van der Waals surface area contributed by atoms with Crippen LogP contribution in [0, 0.1) is 0 Å². The number of benzene rings is 1. The van der Waals surface area contributed by atoms with Gasteiger partial charge in [0.05, 0.1) is 0 Å². The van der Waals surface area contributed by atoms with Crippen molar-refractivity contribution in [1.82, 2.24) is 0 Å². The van der Waals surface area contributed by atoms with Gasteiger partial charge in [0.2, 0.25) is 0 Å². The van der Waals surface area contributed by atoms with Gasteiger partial charge in [-0.25, -0.2) is 0 Å². The molecule has 0 aliphatic carbocycles. The Kier molecular flexibility index (Phi) is 5.80. The molecule has 1 aromatic carbocycles. The molecular formula is C16H26GeS2. The molecule has 1 aromatic rings. The Morgan fingerprint density at radius 2 is 1.47 bits per heavy atom. The molecule has 106 valence electrons. The Hall–Kier alpha value is 0.463. The SMILES string of the molecule is C[CH2][Ge]([CH2]C)([CH2]C)[C]1(c2ccccc2)SCCCS1. The summed E-state index contributed by atoms with van der Waals surface area (Å²) in [6.07, 6.45) is 1.39. The van der Waals surface area contributed by atoms with Crippen molar-refractivity contribution in [1.29, 1.82) is 0 Å². The maximum absolute atomic E-state index is 2.47. The molecule has 1 fully saturated rings. The quantitative estimate of drug-likeness (QED) is 0.616. The maximum atomic E-state index is 2.47. The van der Waals surface area contributed by atoms with Gasteiger partial charge in [0.1, 0.15) is 0 Å². The van der Waals surface area contributed by atoms with Gasteiger partial charge in [-0.1, -0.05) is 0 Å². The molecule has 0 bridgehead atoms. The fourth-order valence-corrected chi connectivity index (χ4v) is 24.2. The topological polar surface area (TPSA) is 0 Å². The number of hydrogen-bond donors (Lipinski definition) is 0. The summed E-state index contributed by atoms with van der Waals surface area (Å²) in [6.45, 7) is 7.40. The fourth-order valence-electron chi connectivity index (χ4n) is 3.42. The third-order valence-corrected chi connectivity index (χ3v) is 26.1. The first-order chi connectivity index (χ1) is 9.24. The average Bonchev–Trinajstić information content (AvgIpc) is 2.51. The molecule has 3 heteroatoms. The molecule has 0 unspecified atom stereocenters. The molecule has 0 N–H and O–H groups in total. The molecule has 0 atom stereocenters. The zero-order chi connectivity index (χ0) is 13.8. The summed E-state index contributed by atoms with van der Waals surface area (Å²) in [5.74, 6) is 2.71. The van der Waals surface area contributed by atoms with E-state index in [1.165, 1.54) is 33.7 Å². The van der Waals surface area contributed by atoms with Crippen LogP contribution < -0.4 is 0 Å². The van der Waals surface area contributed by atoms with E-state index in [2.05, 4.69) is 74.6 Å². The molecule has 0 nitrogen and oxygen atoms in total. The molecular weight excluding hydrogens is 329 g/mol. The molecule has 0 amide bonds. The van der Waals surface area contributed by atoms with Crippen LogP contribution >= 0.6 is 23.5 Å². The van der Waals surface area contributed by atoms with E-state index in [9.17, 15) is 0 Å². The van der Waals surface area contributed by atoms with E-state index in [1.54, 1.807) is 5.56 Å². The van der Waals surface area contributed by atoms with Gasteiger partial charge < -0.3 is 0 Å². The van der Waals surface area contributed by atoms with E-state index in [0.717, 1.165) is 0 Å². The van der Waals surface area contributed by atoms with Crippen LogP contribution in [0.5, 0.6) is 0 Å². The Balaban J connectivity index is 2.51. The van der Waals surface area contributed by atoms with Crippen LogP contribution in [0.3, 0.4) is 0 Å². The molecule has 1 saturated heterocycles. The number of thioether (sulfide) groups is 2. The van der Waals surface area contributed by atoms with Crippen LogP contribution in [-0.2, 0) is 2.91 Å². The van der Waals surface area contributed by atoms with Crippen LogP contribution in [0.25, 0.3) is 0 Å². The first-order valence-electron chi connectivity index (χ1n) is 7.58. The molecule has 0 aromatic heterocycles. The Bertz CT molecular complexity index is 373. The zero-order valence-electron chi connectivity index (χ0n) is 12.4. The van der Waals surface area contributed by atoms with Gasteiger partial charge in [-0.05, 0) is 0 Å². The molecule has 1 heterocycles. The summed E-state index contributed by atoms with van der Waals surface area (Å²) in [6, 6.07) is 11.4. The van der Waals surface area contributed by atoms with Crippen LogP contribution in [0.15, 0.2) is 30.3 Å². The van der Waals surface area contributed by atoms with Crippen LogP contribution in [0.4, 0.5) is 0 Å². The van der Waals surface area contributed by atoms with Crippen molar-refractivity contribution in [2.75, 3.05) is 11.5 Å². The second-order valence-electron chi connectivity index (χ2n) is 5.37. The predicted molar refractivity (Wildman–Crippen MR) is 94.9 cm³/mol. The summed E-state index contributed by atoms with van der Waals surface area (Å²) in [5.41, 5.74) is 1.62. The van der Waals surface area contributed by atoms with E-state index in [-0.39, 0.29) is 0 Å². The summed E-state index contributed by atoms with van der Waals surface area (Å²) in [4.78, 5) is 0. The van der Waals surface area contributed by atoms with Gasteiger partial charge in [0.15, 0.2) is 0 Å². The van der Waals surface area contributed by atoms with Gasteiger partial charge in [-0.3, -0.25) is 0 Å². The van der Waals surface area contributed by atoms with Crippen molar-refractivity contribution in [2.24, 2.45) is 0 Å². The predicted octanol–water partition coefficient (Wildman–Crippen LogP) is 5.76. The fraction of sp³-hybridized carbons (Fsp3) is 0.625. The van der Waals surface area contributed by atoms with Crippen molar-refractivity contribution < 1.29 is 0 Å². The van der Waals surface area contributed by atoms with Crippen molar-refractivity contribution in [3.63, 3.8) is 0 Å². The molecule has 0 saturated carbocycles. The van der Waals surface area contributed by atoms with Crippen molar-refractivity contribution in [3.05, 3.63) is 35.9 Å². The molecule has 19 heavy (non-hydrogen) atoms. The Morgan fingerprint density at radius 3 is 1.95 bits per heavy atom. The van der Waals surface area contributed by atoms with Crippen LogP contribution in [0.1, 0.15) is 32.8 Å². The number of hydrogen-bond acceptors (Lipinski definition) is 2. The average molecular weight is 355 g/mol. The van der Waals surface area contributed by atoms with E-state index in [4.69, 9.17) is 0 Å². The summed E-state index contributed by atoms with van der Waals surface area (Å²) in [5, 5.41) is 4.38. The van der Waals surface area contributed by atoms with E-state index < -0.39 is 13.3 Å². The Labute approximate surface area is 129 Å². The van der Waals surface area contributed by atoms with Gasteiger partial charge in [-0.2, -0.15) is 0 Å². The van der Waals surface area contributed by atoms with Crippen LogP contribution in [0.2, 0.25) is 15.8 Å². The second kappa shape index (κ2) is 6.95. The van der Waals surface area contributed by atoms with Crippen LogP contribution in [-0.4, -0.2) is 24.8 Å². The van der Waals surface area contributed by atoms with E-state index in [1.807, 2.05) is 0 Å². The third kappa shape index (κ3) is 2.78. The molecule has 2 rings (SSSR count). The first kappa shape index (κ1) is 15.8. The third-order valence-electron chi connectivity index (χ3n) is 4.78. The van der Waals surface area contributed by atoms with Gasteiger partial charge >= 0.3 is 130 Å². The standard InChI is InChI=1S/C16H26GeS2/c1-4-17(5-2,6-3)16(18-13-10-14-19-16)15-11-8-7-9-12-15/h7-9,11-12H,4-6,10,13-14H2,1-3H3. The van der Waals surface area contributed by atoms with Crippen molar-refractivity contribution >= 4 is 36.8 Å². The second-order valence-corrected chi connectivity index (χ2v) is 21.2. The normalized spacial score (nSPS) is 19.3. The van der Waals surface area contributed by atoms with Gasteiger partial charge in [-0.15, -0.1) is 0 Å². The summed E-state index contributed by atoms with van der Waals surface area (Å²) >= 11 is 2.70. The summed E-state index contributed by atoms with van der Waals surface area (Å²) < 4.78 is 0.456. The monoisotopic (exact) mass is 356 g/mol. The van der Waals surface area contributed by atoms with Gasteiger partial charge in [0.25, 0.3) is 0 Å². The summed E-state index contributed by atoms with van der Waals surface area (Å²) in [7, 11) is 0. The number of rotatable bonds is 5. The van der Waals surface area contributed by atoms with Gasteiger partial charge in [0, 0.05) is 0 Å². The Morgan fingerprint density at radius 1 is 0.947 bits per heavy atom. The van der Waals surface area contributed by atoms with E-state index >= 15 is 0 Å². The molecule has 0 radical (unpaired) electrons. The van der Waals surface area contributed by atoms with Crippen molar-refractivity contribution in [2.45, 2.75) is 45.9 Å². The molecule has 1 aliphatic rings. The first-order valence-corrected chi connectivity index (χ1v) is 15.0. The minimum atomic E-state index is -1.88. The van der Waals surface area contributed by atoms with Crippen molar-refractivity contribution in [3.8, 4) is 0 Å². The molecule has 1 aliphatic heterocycles. The zero-order valence-corrected chi connectivity index (χ0v) is 16.2. The molecule has 0 spiro atoms. The minimum absolute atomic E-state index is 0.456.